The monoisotopic (exact) mass is 912 g/mol. The van der Waals surface area contributed by atoms with Gasteiger partial charge in [0.2, 0.25) is 0 Å². The van der Waals surface area contributed by atoms with Gasteiger partial charge in [-0.15, -0.1) is 34.0 Å². The number of thiophene rings is 3. The summed E-state index contributed by atoms with van der Waals surface area (Å²) in [7, 11) is 3.33. The van der Waals surface area contributed by atoms with Gasteiger partial charge in [0.1, 0.15) is 0 Å². The molecule has 0 aliphatic rings. The van der Waals surface area contributed by atoms with Crippen molar-refractivity contribution in [3.63, 3.8) is 0 Å². The van der Waals surface area contributed by atoms with Crippen LogP contribution >= 0.6 is 34.0 Å². The molecule has 3 aromatic rings. The van der Waals surface area contributed by atoms with Crippen molar-refractivity contribution in [1.29, 1.82) is 0 Å². The summed E-state index contributed by atoms with van der Waals surface area (Å²) in [6, 6.07) is 6.97. The van der Waals surface area contributed by atoms with Gasteiger partial charge in [-0.25, -0.2) is 0 Å². The summed E-state index contributed by atoms with van der Waals surface area (Å²) in [6.07, 6.45) is 20.3. The molecule has 0 atom stereocenters. The van der Waals surface area contributed by atoms with Gasteiger partial charge in [-0.05, 0) is 58.5 Å². The first kappa shape index (κ1) is 54.0. The largest absolute Gasteiger partial charge is 0.382 e. The van der Waals surface area contributed by atoms with Crippen molar-refractivity contribution in [3.8, 4) is 19.5 Å². The third-order valence-corrected chi connectivity index (χ3v) is 13.6. The molecule has 13 heteroatoms. The van der Waals surface area contributed by atoms with Gasteiger partial charge in [0.15, 0.2) is 0 Å². The van der Waals surface area contributed by atoms with Crippen LogP contribution in [0.5, 0.6) is 0 Å². The molecule has 10 nitrogen and oxygen atoms in total. The minimum Gasteiger partial charge on any atom is -0.382 e. The quantitative estimate of drug-likeness (QED) is 0.0510. The Kier molecular flexibility index (Phi) is 34.6. The van der Waals surface area contributed by atoms with Crippen LogP contribution in [-0.2, 0) is 67.0 Å². The van der Waals surface area contributed by atoms with E-state index in [1.54, 1.807) is 25.6 Å². The van der Waals surface area contributed by atoms with Crippen molar-refractivity contribution in [2.24, 2.45) is 0 Å². The Bertz CT molecular complexity index is 1400. The lowest BCUT2D eigenvalue weighted by atomic mass is 10.0. The second-order valence-electron chi connectivity index (χ2n) is 15.2. The highest BCUT2D eigenvalue weighted by molar-refractivity contribution is 7.26. The molecule has 0 radical (unpaired) electrons. The number of hydrogen-bond donors (Lipinski definition) is 0. The minimum absolute atomic E-state index is 0.540. The number of ether oxygens (including phenoxy) is 10. The molecule has 0 aliphatic heterocycles. The van der Waals surface area contributed by atoms with Crippen molar-refractivity contribution in [3.05, 3.63) is 45.6 Å². The zero-order valence-electron chi connectivity index (χ0n) is 38.0. The van der Waals surface area contributed by atoms with Crippen molar-refractivity contribution in [2.75, 3.05) is 120 Å². The van der Waals surface area contributed by atoms with E-state index in [0.717, 1.165) is 6.42 Å². The van der Waals surface area contributed by atoms with Gasteiger partial charge in [-0.3, -0.25) is 0 Å². The Morgan fingerprint density at radius 1 is 0.410 bits per heavy atom. The maximum Gasteiger partial charge on any atom is 0.0732 e. The maximum absolute atomic E-state index is 6.08. The highest BCUT2D eigenvalue weighted by atomic mass is 32.1. The number of hydrogen-bond acceptors (Lipinski definition) is 13. The zero-order valence-corrected chi connectivity index (χ0v) is 40.5. The molecule has 0 unspecified atom stereocenters. The second-order valence-corrected chi connectivity index (χ2v) is 18.0. The average molecular weight is 913 g/mol. The van der Waals surface area contributed by atoms with Gasteiger partial charge < -0.3 is 47.4 Å². The van der Waals surface area contributed by atoms with Crippen molar-refractivity contribution in [2.45, 2.75) is 116 Å². The van der Waals surface area contributed by atoms with Crippen LogP contribution < -0.4 is 0 Å². The molecule has 61 heavy (non-hydrogen) atoms. The van der Waals surface area contributed by atoms with E-state index in [4.69, 9.17) is 47.4 Å². The van der Waals surface area contributed by atoms with E-state index in [1.165, 1.54) is 126 Å². The number of unbranched alkanes of at least 4 members (excludes halogenated alkanes) is 13. The molecule has 0 aromatic carbocycles. The number of aryl methyl sites for hydroxylation is 1. The van der Waals surface area contributed by atoms with Crippen molar-refractivity contribution in [1.82, 2.24) is 0 Å². The molecule has 0 aliphatic carbocycles. The highest BCUT2D eigenvalue weighted by Gasteiger charge is 2.17. The zero-order chi connectivity index (χ0) is 43.1. The molecule has 0 saturated carbocycles. The Morgan fingerprint density at radius 2 is 0.852 bits per heavy atom. The van der Waals surface area contributed by atoms with Crippen LogP contribution in [0.4, 0.5) is 0 Å². The molecule has 3 aromatic heterocycles. The summed E-state index contributed by atoms with van der Waals surface area (Å²) < 4.78 is 55.4. The van der Waals surface area contributed by atoms with Gasteiger partial charge in [0.05, 0.1) is 119 Å². The molecule has 0 amide bonds. The van der Waals surface area contributed by atoms with Crippen LogP contribution in [0.3, 0.4) is 0 Å². The first-order valence-corrected chi connectivity index (χ1v) is 25.7. The molecule has 3 rings (SSSR count). The van der Waals surface area contributed by atoms with Crippen LogP contribution in [0.1, 0.15) is 114 Å². The van der Waals surface area contributed by atoms with Crippen LogP contribution in [0.25, 0.3) is 19.5 Å². The molecule has 3 heterocycles. The van der Waals surface area contributed by atoms with E-state index in [9.17, 15) is 0 Å². The third-order valence-electron chi connectivity index (χ3n) is 10.1. The molecule has 0 spiro atoms. The fraction of sp³-hybridized carbons (Fsp3) is 0.750. The van der Waals surface area contributed by atoms with Gasteiger partial charge in [0, 0.05) is 33.7 Å². The first-order valence-electron chi connectivity index (χ1n) is 23.1. The van der Waals surface area contributed by atoms with Crippen LogP contribution in [0.15, 0.2) is 29.0 Å². The lowest BCUT2D eigenvalue weighted by Crippen LogP contribution is -2.12. The molecule has 0 saturated heterocycles. The van der Waals surface area contributed by atoms with E-state index in [2.05, 4.69) is 35.9 Å². The van der Waals surface area contributed by atoms with Crippen molar-refractivity contribution < 1.29 is 47.4 Å². The predicted molar refractivity (Wildman–Crippen MR) is 253 cm³/mol. The van der Waals surface area contributed by atoms with Crippen LogP contribution in [-0.4, -0.2) is 120 Å². The summed E-state index contributed by atoms with van der Waals surface area (Å²) in [5.74, 6) is 0. The van der Waals surface area contributed by atoms with E-state index in [-0.39, 0.29) is 0 Å². The maximum atomic E-state index is 6.08. The fourth-order valence-corrected chi connectivity index (χ4v) is 9.99. The SMILES string of the molecule is CCCCCCCCCCCCCCCCc1cc(-c2sccc2COCCOCCOCCOCCOC)sc1-c1cc(COCCOCCOCCOCCOC)cs1. The predicted octanol–water partition coefficient (Wildman–Crippen LogP) is 11.7. The standard InChI is InChI=1S/C48H80O10S3/c1-4-5-6-7-8-9-10-11-12-13-14-15-16-17-18-43-38-46(47-44(19-36-59-47)40-58-35-33-56-31-29-54-27-25-52-23-21-50-3)61-48(43)45-37-42(41-60-45)39-57-34-32-55-30-28-53-26-24-51-22-20-49-2/h19,36-38,41H,4-18,20-35,39-40H2,1-3H3. The van der Waals surface area contributed by atoms with Gasteiger partial charge in [0.25, 0.3) is 0 Å². The molecular weight excluding hydrogens is 833 g/mol. The number of methoxy groups -OCH3 is 2. The van der Waals surface area contributed by atoms with E-state index < -0.39 is 0 Å². The van der Waals surface area contributed by atoms with Gasteiger partial charge in [-0.2, -0.15) is 0 Å². The lowest BCUT2D eigenvalue weighted by Gasteiger charge is -2.07. The number of rotatable bonds is 45. The summed E-state index contributed by atoms with van der Waals surface area (Å²) >= 11 is 5.55. The Balaban J connectivity index is 1.43. The van der Waals surface area contributed by atoms with Crippen LogP contribution in [0, 0.1) is 0 Å². The third kappa shape index (κ3) is 26.9. The van der Waals surface area contributed by atoms with Gasteiger partial charge in [-0.1, -0.05) is 90.4 Å². The Hall–Kier alpha value is -1.30. The molecule has 0 bridgehead atoms. The summed E-state index contributed by atoms with van der Waals surface area (Å²) in [5, 5.41) is 4.43. The van der Waals surface area contributed by atoms with E-state index in [1.807, 2.05) is 22.7 Å². The fourth-order valence-electron chi connectivity index (χ4n) is 6.66. The summed E-state index contributed by atoms with van der Waals surface area (Å²) in [4.78, 5) is 5.35. The minimum atomic E-state index is 0.540. The van der Waals surface area contributed by atoms with E-state index in [0.29, 0.717) is 119 Å². The van der Waals surface area contributed by atoms with Crippen molar-refractivity contribution >= 4 is 34.0 Å². The highest BCUT2D eigenvalue weighted by Crippen LogP contribution is 2.44. The molecule has 0 N–H and O–H groups in total. The summed E-state index contributed by atoms with van der Waals surface area (Å²) in [5.41, 5.74) is 3.90. The smallest absolute Gasteiger partial charge is 0.0732 e. The Labute approximate surface area is 381 Å². The normalized spacial score (nSPS) is 11.7. The molecule has 0 fully saturated rings. The lowest BCUT2D eigenvalue weighted by molar-refractivity contribution is -0.00946. The molecular formula is C48H80O10S3. The Morgan fingerprint density at radius 3 is 1.34 bits per heavy atom. The van der Waals surface area contributed by atoms with Crippen LogP contribution in [0.2, 0.25) is 0 Å². The first-order chi connectivity index (χ1) is 30.3. The summed E-state index contributed by atoms with van der Waals surface area (Å²) in [6.45, 7) is 12.4. The topological polar surface area (TPSA) is 92.3 Å². The van der Waals surface area contributed by atoms with Gasteiger partial charge >= 0.3 is 0 Å². The second kappa shape index (κ2) is 39.1. The van der Waals surface area contributed by atoms with E-state index >= 15 is 0 Å². The molecule has 350 valence electrons. The average Bonchev–Trinajstić information content (AvgIpc) is 4.05.